The molecule has 0 radical (unpaired) electrons. The van der Waals surface area contributed by atoms with Crippen molar-refractivity contribution in [3.8, 4) is 33.6 Å². The zero-order valence-electron chi connectivity index (χ0n) is 34.9. The number of carbonyl (C=O) groups is 4. The third-order valence-corrected chi connectivity index (χ3v) is 12.9. The maximum absolute atomic E-state index is 14.2. The molecule has 4 aromatic carbocycles. The minimum atomic E-state index is -0.941. The van der Waals surface area contributed by atoms with Gasteiger partial charge in [-0.05, 0) is 53.3 Å². The first-order chi connectivity index (χ1) is 30.6. The van der Waals surface area contributed by atoms with Crippen molar-refractivity contribution in [1.82, 2.24) is 40.4 Å². The van der Waals surface area contributed by atoms with Crippen molar-refractivity contribution in [2.45, 2.75) is 48.7 Å². The standard InChI is InChI=1S/C47H47ClN8O6S/c1-61-46(59)52-39(31-11-6-4-7-12-31)44(57)55-24-10-15-36(55)42-49-26-35(50-42)30-20-16-28(17-21-30)29-18-22-33(23-19-29)38-41(48)54-43(51-38)37-25-34(63-3)27-56(37)45(58)40(53-47(60)62-2)32-13-8-5-9-14-32/h4-9,11-14,16-23,26,34,36-37,39-40H,10,15,24-25,27H2,1-3H3,(H,49,50)(H,51,54)(H,52,59)(H,53,60)/t34-,36?,37-,39-,40-/m0/s1. The van der Waals surface area contributed by atoms with Crippen molar-refractivity contribution in [2.75, 3.05) is 33.6 Å². The number of carbonyl (C=O) groups excluding carboxylic acids is 4. The number of methoxy groups -OCH3 is 2. The second-order valence-electron chi connectivity index (χ2n) is 15.4. The number of rotatable bonds is 12. The van der Waals surface area contributed by atoms with Gasteiger partial charge in [0.1, 0.15) is 34.6 Å². The van der Waals surface area contributed by atoms with Crippen LogP contribution in [-0.4, -0.2) is 92.6 Å². The van der Waals surface area contributed by atoms with Crippen LogP contribution in [0.15, 0.2) is 115 Å². The van der Waals surface area contributed by atoms with Crippen LogP contribution in [0.3, 0.4) is 0 Å². The molecule has 324 valence electrons. The lowest BCUT2D eigenvalue weighted by atomic mass is 10.0. The van der Waals surface area contributed by atoms with E-state index in [-0.39, 0.29) is 23.1 Å². The number of alkyl carbamates (subject to hydrolysis) is 2. The molecule has 1 unspecified atom stereocenters. The van der Waals surface area contributed by atoms with Crippen molar-refractivity contribution in [1.29, 1.82) is 0 Å². The Kier molecular flexibility index (Phi) is 13.1. The van der Waals surface area contributed by atoms with Crippen LogP contribution < -0.4 is 10.6 Å². The van der Waals surface area contributed by atoms with Crippen LogP contribution in [0.4, 0.5) is 9.59 Å². The summed E-state index contributed by atoms with van der Waals surface area (Å²) in [6.07, 6.45) is 4.63. The molecule has 4 N–H and O–H groups in total. The molecule has 2 aliphatic heterocycles. The van der Waals surface area contributed by atoms with Crippen LogP contribution in [0.1, 0.15) is 66.2 Å². The molecule has 0 spiro atoms. The Hall–Kier alpha value is -6.58. The fourth-order valence-corrected chi connectivity index (χ4v) is 9.30. The highest BCUT2D eigenvalue weighted by Crippen LogP contribution is 2.40. The summed E-state index contributed by atoms with van der Waals surface area (Å²) >= 11 is 8.50. The number of hydrogen-bond donors (Lipinski definition) is 4. The summed E-state index contributed by atoms with van der Waals surface area (Å²) in [5, 5.41) is 5.96. The van der Waals surface area contributed by atoms with E-state index in [1.165, 1.54) is 14.2 Å². The number of nitrogens with zero attached hydrogens (tertiary/aromatic N) is 4. The van der Waals surface area contributed by atoms with Gasteiger partial charge in [-0.15, -0.1) is 0 Å². The van der Waals surface area contributed by atoms with E-state index in [2.05, 4.69) is 20.6 Å². The van der Waals surface area contributed by atoms with E-state index in [1.807, 2.05) is 103 Å². The number of thioether (sulfide) groups is 1. The largest absolute Gasteiger partial charge is 0.453 e. The number of aromatic nitrogens is 4. The maximum Gasteiger partial charge on any atom is 0.407 e. The van der Waals surface area contributed by atoms with Gasteiger partial charge in [-0.1, -0.05) is 121 Å². The van der Waals surface area contributed by atoms with Crippen LogP contribution in [0.2, 0.25) is 5.15 Å². The molecular formula is C47H47ClN8O6S. The van der Waals surface area contributed by atoms with E-state index in [1.54, 1.807) is 39.9 Å². The molecule has 0 aliphatic carbocycles. The third-order valence-electron chi connectivity index (χ3n) is 11.7. The van der Waals surface area contributed by atoms with Crippen molar-refractivity contribution in [3.05, 3.63) is 143 Å². The van der Waals surface area contributed by atoms with Crippen molar-refractivity contribution < 1.29 is 28.7 Å². The van der Waals surface area contributed by atoms with Gasteiger partial charge in [-0.3, -0.25) is 9.59 Å². The second kappa shape index (κ2) is 19.2. The number of benzene rings is 4. The molecule has 2 aliphatic rings. The molecule has 5 atom stereocenters. The van der Waals surface area contributed by atoms with Crippen molar-refractivity contribution >= 4 is 47.4 Å². The van der Waals surface area contributed by atoms with Gasteiger partial charge in [0, 0.05) is 23.9 Å². The average molecular weight is 887 g/mol. The van der Waals surface area contributed by atoms with E-state index in [0.29, 0.717) is 53.1 Å². The Labute approximate surface area is 374 Å². The number of hydrogen-bond acceptors (Lipinski definition) is 9. The smallest absolute Gasteiger partial charge is 0.407 e. The van der Waals surface area contributed by atoms with Gasteiger partial charge in [-0.2, -0.15) is 11.8 Å². The number of halogens is 1. The summed E-state index contributed by atoms with van der Waals surface area (Å²) < 4.78 is 9.69. The van der Waals surface area contributed by atoms with Crippen LogP contribution in [0, 0.1) is 0 Å². The van der Waals surface area contributed by atoms with E-state index in [0.717, 1.165) is 40.8 Å². The molecule has 8 rings (SSSR count). The van der Waals surface area contributed by atoms with Crippen LogP contribution in [0.5, 0.6) is 0 Å². The summed E-state index contributed by atoms with van der Waals surface area (Å²) in [7, 11) is 2.55. The van der Waals surface area contributed by atoms with Gasteiger partial charge in [0.05, 0.1) is 38.2 Å². The van der Waals surface area contributed by atoms with Crippen LogP contribution >= 0.6 is 23.4 Å². The summed E-state index contributed by atoms with van der Waals surface area (Å²) in [6, 6.07) is 31.9. The van der Waals surface area contributed by atoms with Crippen LogP contribution in [0.25, 0.3) is 33.6 Å². The lowest BCUT2D eigenvalue weighted by Gasteiger charge is -2.28. The molecule has 6 aromatic rings. The van der Waals surface area contributed by atoms with Gasteiger partial charge in [0.2, 0.25) is 0 Å². The van der Waals surface area contributed by atoms with E-state index in [4.69, 9.17) is 31.0 Å². The summed E-state index contributed by atoms with van der Waals surface area (Å²) in [4.78, 5) is 72.6. The Morgan fingerprint density at radius 3 is 1.81 bits per heavy atom. The highest BCUT2D eigenvalue weighted by Gasteiger charge is 2.42. The number of imidazole rings is 2. The average Bonchev–Trinajstić information content (AvgIpc) is 4.17. The van der Waals surface area contributed by atoms with Gasteiger partial charge >= 0.3 is 12.2 Å². The van der Waals surface area contributed by atoms with E-state index >= 15 is 0 Å². The minimum absolute atomic E-state index is 0.159. The zero-order valence-corrected chi connectivity index (χ0v) is 36.5. The zero-order chi connectivity index (χ0) is 44.0. The molecule has 2 aromatic heterocycles. The molecular weight excluding hydrogens is 840 g/mol. The number of nitrogens with one attached hydrogen (secondary N) is 4. The Morgan fingerprint density at radius 1 is 0.714 bits per heavy atom. The minimum Gasteiger partial charge on any atom is -0.453 e. The first kappa shape index (κ1) is 43.1. The van der Waals surface area contributed by atoms with Crippen molar-refractivity contribution in [3.63, 3.8) is 0 Å². The summed E-state index contributed by atoms with van der Waals surface area (Å²) in [6.45, 7) is 1.02. The number of likely N-dealkylation sites (tertiary alicyclic amines) is 2. The number of H-pyrrole nitrogens is 2. The van der Waals surface area contributed by atoms with Gasteiger partial charge < -0.3 is 39.9 Å². The maximum atomic E-state index is 14.2. The Bertz CT molecular complexity index is 2550. The van der Waals surface area contributed by atoms with Crippen LogP contribution in [-0.2, 0) is 19.1 Å². The number of amides is 4. The fourth-order valence-electron chi connectivity index (χ4n) is 8.37. The molecule has 14 nitrogen and oxygen atoms in total. The molecule has 63 heavy (non-hydrogen) atoms. The van der Waals surface area contributed by atoms with Gasteiger partial charge in [0.25, 0.3) is 11.8 Å². The van der Waals surface area contributed by atoms with E-state index < -0.39 is 30.3 Å². The summed E-state index contributed by atoms with van der Waals surface area (Å²) in [5.74, 6) is 0.772. The first-order valence-electron chi connectivity index (χ1n) is 20.6. The predicted octanol–water partition coefficient (Wildman–Crippen LogP) is 8.65. The highest BCUT2D eigenvalue weighted by atomic mass is 35.5. The number of ether oxygens (including phenoxy) is 2. The third kappa shape index (κ3) is 9.30. The highest BCUT2D eigenvalue weighted by molar-refractivity contribution is 7.99. The monoisotopic (exact) mass is 886 g/mol. The molecule has 4 amide bonds. The molecule has 2 saturated heterocycles. The summed E-state index contributed by atoms with van der Waals surface area (Å²) in [5.41, 5.74) is 6.48. The van der Waals surface area contributed by atoms with Gasteiger partial charge in [0.15, 0.2) is 0 Å². The lowest BCUT2D eigenvalue weighted by molar-refractivity contribution is -0.135. The number of aromatic amines is 2. The molecule has 0 bridgehead atoms. The molecule has 4 heterocycles. The van der Waals surface area contributed by atoms with Gasteiger partial charge in [-0.25, -0.2) is 19.6 Å². The first-order valence-corrected chi connectivity index (χ1v) is 22.3. The SMILES string of the molecule is COC(=O)N[C@H](C(=O)N1CCCC1c1ncc(-c2ccc(-c3ccc(-c4nc([C@@H]5C[C@H](SC)CN5C(=O)[C@@H](NC(=O)OC)c5ccccc5)[nH]c4Cl)cc3)cc2)[nH]1)c1ccccc1. The second-order valence-corrected chi connectivity index (χ2v) is 16.9. The lowest BCUT2D eigenvalue weighted by Crippen LogP contribution is -2.43. The fraction of sp³-hybridized carbons (Fsp3) is 0.277. The predicted molar refractivity (Wildman–Crippen MR) is 242 cm³/mol. The molecule has 2 fully saturated rings. The van der Waals surface area contributed by atoms with E-state index in [9.17, 15) is 19.2 Å². The Morgan fingerprint density at radius 2 is 1.25 bits per heavy atom. The van der Waals surface area contributed by atoms with Crippen molar-refractivity contribution in [2.24, 2.45) is 0 Å². The quantitative estimate of drug-likeness (QED) is 0.0938. The topological polar surface area (TPSA) is 175 Å². The molecule has 16 heteroatoms. The molecule has 0 saturated carbocycles. The normalized spacial score (nSPS) is 18.1. The Balaban J connectivity index is 0.958.